The highest BCUT2D eigenvalue weighted by Gasteiger charge is 2.22. The Morgan fingerprint density at radius 1 is 1.53 bits per heavy atom. The van der Waals surface area contributed by atoms with Crippen LogP contribution in [0.1, 0.15) is 19.3 Å². The van der Waals surface area contributed by atoms with Crippen LogP contribution >= 0.6 is 0 Å². The number of hydrogen-bond donors (Lipinski definition) is 1. The third kappa shape index (κ3) is 3.30. The lowest BCUT2D eigenvalue weighted by Crippen LogP contribution is -2.41. The average molecular weight is 237 g/mol. The summed E-state index contributed by atoms with van der Waals surface area (Å²) in [6.07, 6.45) is 7.84. The second-order valence-electron chi connectivity index (χ2n) is 4.58. The van der Waals surface area contributed by atoms with Crippen molar-refractivity contribution in [2.45, 2.75) is 25.8 Å². The largest absolute Gasteiger partial charge is 0.396 e. The molecular formula is C12H19N3O2. The third-order valence-corrected chi connectivity index (χ3v) is 3.27. The van der Waals surface area contributed by atoms with Crippen LogP contribution in [-0.4, -0.2) is 45.2 Å². The minimum absolute atomic E-state index is 0.178. The molecule has 0 aromatic carbocycles. The SMILES string of the molecule is O=C(CCn1ccnc1)N1CCCC(CO)C1. The van der Waals surface area contributed by atoms with Gasteiger partial charge in [0.05, 0.1) is 6.33 Å². The zero-order valence-electron chi connectivity index (χ0n) is 9.96. The maximum atomic E-state index is 12.0. The first kappa shape index (κ1) is 12.1. The van der Waals surface area contributed by atoms with Crippen molar-refractivity contribution in [1.82, 2.24) is 14.5 Å². The number of nitrogens with zero attached hydrogens (tertiary/aromatic N) is 3. The molecule has 2 heterocycles. The molecule has 1 fully saturated rings. The summed E-state index contributed by atoms with van der Waals surface area (Å²) in [5, 5.41) is 9.12. The van der Waals surface area contributed by atoms with Gasteiger partial charge in [0.2, 0.25) is 5.91 Å². The number of imidazole rings is 1. The molecule has 1 atom stereocenters. The van der Waals surface area contributed by atoms with Crippen LogP contribution in [0.5, 0.6) is 0 Å². The molecule has 0 aliphatic carbocycles. The van der Waals surface area contributed by atoms with E-state index in [9.17, 15) is 4.79 Å². The molecule has 1 aromatic heterocycles. The summed E-state index contributed by atoms with van der Waals surface area (Å²) in [6, 6.07) is 0. The van der Waals surface area contributed by atoms with Gasteiger partial charge in [0.15, 0.2) is 0 Å². The number of aliphatic hydroxyl groups excluding tert-OH is 1. The van der Waals surface area contributed by atoms with Gasteiger partial charge >= 0.3 is 0 Å². The minimum atomic E-state index is 0.178. The van der Waals surface area contributed by atoms with E-state index in [2.05, 4.69) is 4.98 Å². The predicted molar refractivity (Wildman–Crippen MR) is 63.2 cm³/mol. The van der Waals surface area contributed by atoms with E-state index in [0.29, 0.717) is 19.5 Å². The second-order valence-corrected chi connectivity index (χ2v) is 4.58. The Kier molecular flexibility index (Phi) is 4.14. The first-order valence-corrected chi connectivity index (χ1v) is 6.14. The quantitative estimate of drug-likeness (QED) is 0.829. The van der Waals surface area contributed by atoms with E-state index >= 15 is 0 Å². The van der Waals surface area contributed by atoms with Crippen LogP contribution in [0.4, 0.5) is 0 Å². The van der Waals surface area contributed by atoms with Crippen LogP contribution in [0, 0.1) is 5.92 Å². The molecule has 94 valence electrons. The third-order valence-electron chi connectivity index (χ3n) is 3.27. The summed E-state index contributed by atoms with van der Waals surface area (Å²) < 4.78 is 1.91. The fraction of sp³-hybridized carbons (Fsp3) is 0.667. The van der Waals surface area contributed by atoms with E-state index in [0.717, 1.165) is 19.4 Å². The highest BCUT2D eigenvalue weighted by Crippen LogP contribution is 2.16. The first-order chi connectivity index (χ1) is 8.29. The Hall–Kier alpha value is -1.36. The molecule has 1 N–H and O–H groups in total. The molecule has 0 saturated carbocycles. The lowest BCUT2D eigenvalue weighted by atomic mass is 9.99. The zero-order valence-corrected chi connectivity index (χ0v) is 9.96. The number of likely N-dealkylation sites (tertiary alicyclic amines) is 1. The molecule has 1 aliphatic rings. The average Bonchev–Trinajstić information content (AvgIpc) is 2.89. The van der Waals surface area contributed by atoms with Crippen LogP contribution in [0.25, 0.3) is 0 Å². The number of carbonyl (C=O) groups is 1. The number of piperidine rings is 1. The van der Waals surface area contributed by atoms with Gasteiger partial charge in [-0.05, 0) is 18.8 Å². The van der Waals surface area contributed by atoms with E-state index < -0.39 is 0 Å². The molecule has 1 aromatic rings. The van der Waals surface area contributed by atoms with E-state index in [4.69, 9.17) is 5.11 Å². The summed E-state index contributed by atoms with van der Waals surface area (Å²) in [5.74, 6) is 0.442. The number of aryl methyl sites for hydroxylation is 1. The van der Waals surface area contributed by atoms with Gasteiger partial charge < -0.3 is 14.6 Å². The topological polar surface area (TPSA) is 58.4 Å². The monoisotopic (exact) mass is 237 g/mol. The maximum absolute atomic E-state index is 12.0. The van der Waals surface area contributed by atoms with E-state index in [1.54, 1.807) is 12.5 Å². The van der Waals surface area contributed by atoms with Gasteiger partial charge in [0.1, 0.15) is 0 Å². The van der Waals surface area contributed by atoms with Crippen LogP contribution in [0.2, 0.25) is 0 Å². The van der Waals surface area contributed by atoms with Gasteiger partial charge in [0, 0.05) is 45.1 Å². The fourth-order valence-corrected chi connectivity index (χ4v) is 2.24. The van der Waals surface area contributed by atoms with Crippen molar-refractivity contribution in [2.75, 3.05) is 19.7 Å². The standard InChI is InChI=1S/C12H19N3O2/c16-9-11-2-1-5-15(8-11)12(17)3-6-14-7-4-13-10-14/h4,7,10-11,16H,1-3,5-6,8-9H2. The van der Waals surface area contributed by atoms with Crippen molar-refractivity contribution in [3.63, 3.8) is 0 Å². The smallest absolute Gasteiger partial charge is 0.224 e. The van der Waals surface area contributed by atoms with Gasteiger partial charge in [-0.2, -0.15) is 0 Å². The molecule has 1 saturated heterocycles. The normalized spacial score (nSPS) is 20.5. The summed E-state index contributed by atoms with van der Waals surface area (Å²) in [6.45, 7) is 2.41. The van der Waals surface area contributed by atoms with Crippen molar-refractivity contribution < 1.29 is 9.90 Å². The van der Waals surface area contributed by atoms with E-state index in [1.165, 1.54) is 0 Å². The molecule has 1 amide bonds. The molecule has 5 heteroatoms. The molecule has 5 nitrogen and oxygen atoms in total. The highest BCUT2D eigenvalue weighted by atomic mass is 16.3. The van der Waals surface area contributed by atoms with Crippen LogP contribution in [0.15, 0.2) is 18.7 Å². The number of carbonyl (C=O) groups excluding carboxylic acids is 1. The Balaban J connectivity index is 1.79. The van der Waals surface area contributed by atoms with Crippen molar-refractivity contribution >= 4 is 5.91 Å². The molecule has 0 radical (unpaired) electrons. The molecule has 1 unspecified atom stereocenters. The Morgan fingerprint density at radius 2 is 2.41 bits per heavy atom. The van der Waals surface area contributed by atoms with Crippen LogP contribution in [0.3, 0.4) is 0 Å². The molecule has 0 spiro atoms. The summed E-state index contributed by atoms with van der Waals surface area (Å²) in [4.78, 5) is 17.8. The maximum Gasteiger partial charge on any atom is 0.224 e. The number of rotatable bonds is 4. The highest BCUT2D eigenvalue weighted by molar-refractivity contribution is 5.76. The van der Waals surface area contributed by atoms with Crippen molar-refractivity contribution in [3.05, 3.63) is 18.7 Å². The molecular weight excluding hydrogens is 218 g/mol. The molecule has 2 rings (SSSR count). The minimum Gasteiger partial charge on any atom is -0.396 e. The first-order valence-electron chi connectivity index (χ1n) is 6.14. The number of amides is 1. The summed E-state index contributed by atoms with van der Waals surface area (Å²) in [5.41, 5.74) is 0. The Morgan fingerprint density at radius 3 is 3.12 bits per heavy atom. The molecule has 17 heavy (non-hydrogen) atoms. The number of aromatic nitrogens is 2. The van der Waals surface area contributed by atoms with Gasteiger partial charge in [-0.1, -0.05) is 0 Å². The molecule has 1 aliphatic heterocycles. The number of aliphatic hydroxyl groups is 1. The van der Waals surface area contributed by atoms with Gasteiger partial charge in [-0.15, -0.1) is 0 Å². The van der Waals surface area contributed by atoms with Crippen LogP contribution < -0.4 is 0 Å². The van der Waals surface area contributed by atoms with Gasteiger partial charge in [-0.25, -0.2) is 4.98 Å². The molecule has 0 bridgehead atoms. The van der Waals surface area contributed by atoms with Crippen molar-refractivity contribution in [3.8, 4) is 0 Å². The Labute approximate surface area is 101 Å². The van der Waals surface area contributed by atoms with Crippen molar-refractivity contribution in [1.29, 1.82) is 0 Å². The predicted octanol–water partition coefficient (Wildman–Crippen LogP) is 0.504. The fourth-order valence-electron chi connectivity index (χ4n) is 2.24. The number of hydrogen-bond acceptors (Lipinski definition) is 3. The van der Waals surface area contributed by atoms with E-state index in [-0.39, 0.29) is 18.4 Å². The zero-order chi connectivity index (χ0) is 12.1. The lowest BCUT2D eigenvalue weighted by molar-refractivity contribution is -0.133. The summed E-state index contributed by atoms with van der Waals surface area (Å²) >= 11 is 0. The van der Waals surface area contributed by atoms with Crippen molar-refractivity contribution in [2.24, 2.45) is 5.92 Å². The Bertz CT molecular complexity index is 351. The van der Waals surface area contributed by atoms with E-state index in [1.807, 2.05) is 15.7 Å². The van der Waals surface area contributed by atoms with Crippen LogP contribution in [-0.2, 0) is 11.3 Å². The second kappa shape index (κ2) is 5.82. The summed E-state index contributed by atoms with van der Waals surface area (Å²) in [7, 11) is 0. The van der Waals surface area contributed by atoms with Gasteiger partial charge in [0.25, 0.3) is 0 Å². The van der Waals surface area contributed by atoms with Gasteiger partial charge in [-0.3, -0.25) is 4.79 Å². The lowest BCUT2D eigenvalue weighted by Gasteiger charge is -2.32.